The third kappa shape index (κ3) is 13.5. The molecule has 30 heteroatoms. The number of fused-ring (bicyclic) bond motifs is 5. The van der Waals surface area contributed by atoms with Crippen molar-refractivity contribution in [2.24, 2.45) is 45.3 Å². The first-order valence-electron chi connectivity index (χ1n) is 32.0. The molecule has 5 heterocycles. The van der Waals surface area contributed by atoms with Crippen molar-refractivity contribution in [1.29, 1.82) is 0 Å². The van der Waals surface area contributed by atoms with E-state index in [1.165, 1.54) is 13.8 Å². The van der Waals surface area contributed by atoms with Gasteiger partial charge in [-0.2, -0.15) is 0 Å². The van der Waals surface area contributed by atoms with Crippen molar-refractivity contribution in [3.8, 4) is 0 Å². The summed E-state index contributed by atoms with van der Waals surface area (Å²) in [7, 11) is 0. The largest absolute Gasteiger partial charge is 0.464 e. The molecule has 0 aromatic carbocycles. The molecule has 91 heavy (non-hydrogen) atoms. The predicted molar refractivity (Wildman–Crippen MR) is 305 cm³/mol. The predicted octanol–water partition coefficient (Wildman–Crippen LogP) is -5.23. The molecule has 5 saturated heterocycles. The summed E-state index contributed by atoms with van der Waals surface area (Å²) in [6.07, 6.45) is -37.7. The second kappa shape index (κ2) is 28.5. The maximum Gasteiger partial charge on any atom is 0.293 e. The molecule has 0 aromatic rings. The van der Waals surface area contributed by atoms with E-state index in [0.717, 1.165) is 18.4 Å². The third-order valence-corrected chi connectivity index (χ3v) is 23.1. The molecule has 5 aliphatic heterocycles. The SMILES string of the molecule is C[C@H](CC[C@@H](O[C@@H]1O[C@H](CO[C@@H]2O[C@H](CO)[C@@H](O)[C@H](O)[C@H]2O)[C@@H](O)[C@H](O)[C@H]1O[C@H]1O[C@@H](CO)[C@H](O)[C@@H](O)[C@@H]1O)C(C)(C)O)C1CC[C@@]2(C)C3CC=C4C(CC[C@H](O[C@@H]5O[C@H](CO[C@@H]6O[C@H](CO)[C@@H](O)[C@H](O)[C@H]6O)[C@@H](O)[C@H](O)[C@H]5O)C4(C)C)[C@]3(C)[C@H](OC=O)C[C@]12C. The van der Waals surface area contributed by atoms with Crippen LogP contribution in [0.15, 0.2) is 11.6 Å². The Morgan fingerprint density at radius 3 is 1.49 bits per heavy atom. The number of rotatable bonds is 22. The maximum atomic E-state index is 12.7. The van der Waals surface area contributed by atoms with E-state index in [-0.39, 0.29) is 35.5 Å². The maximum absolute atomic E-state index is 12.7. The summed E-state index contributed by atoms with van der Waals surface area (Å²) in [4.78, 5) is 12.7. The Balaban J connectivity index is 0.904. The van der Waals surface area contributed by atoms with Gasteiger partial charge in [0.25, 0.3) is 6.47 Å². The number of hydrogen-bond donors (Lipinski definition) is 18. The molecule has 0 spiro atoms. The lowest BCUT2D eigenvalue weighted by Gasteiger charge is -2.67. The zero-order valence-corrected chi connectivity index (χ0v) is 52.8. The van der Waals surface area contributed by atoms with Gasteiger partial charge in [-0.3, -0.25) is 4.79 Å². The van der Waals surface area contributed by atoms with E-state index in [2.05, 4.69) is 33.8 Å². The molecule has 9 aliphatic rings. The second-order valence-electron chi connectivity index (χ2n) is 28.9. The van der Waals surface area contributed by atoms with Crippen molar-refractivity contribution in [1.82, 2.24) is 0 Å². The van der Waals surface area contributed by atoms with Crippen molar-refractivity contribution >= 4 is 6.47 Å². The van der Waals surface area contributed by atoms with Crippen LogP contribution in [0.1, 0.15) is 107 Å². The molecule has 3 saturated carbocycles. The van der Waals surface area contributed by atoms with Crippen LogP contribution in [0.5, 0.6) is 0 Å². The highest BCUT2D eigenvalue weighted by atomic mass is 16.8. The van der Waals surface area contributed by atoms with Crippen LogP contribution in [-0.2, 0) is 56.9 Å². The molecule has 3 unspecified atom stereocenters. The molecule has 18 N–H and O–H groups in total. The molecule has 0 bridgehead atoms. The van der Waals surface area contributed by atoms with E-state index < -0.39 is 227 Å². The van der Waals surface area contributed by atoms with Crippen LogP contribution in [-0.4, -0.2) is 309 Å². The van der Waals surface area contributed by atoms with Crippen molar-refractivity contribution in [2.45, 2.75) is 284 Å². The first kappa shape index (κ1) is 73.3. The monoisotopic (exact) mass is 1310 g/mol. The van der Waals surface area contributed by atoms with Gasteiger partial charge in [-0.25, -0.2) is 0 Å². The molecule has 526 valence electrons. The zero-order chi connectivity index (χ0) is 66.9. The van der Waals surface area contributed by atoms with Gasteiger partial charge in [0, 0.05) is 10.8 Å². The topological polar surface area (TPSA) is 483 Å². The highest BCUT2D eigenvalue weighted by Gasteiger charge is 2.71. The first-order valence-corrected chi connectivity index (χ1v) is 32.0. The van der Waals surface area contributed by atoms with Crippen molar-refractivity contribution in [3.63, 3.8) is 0 Å². The highest BCUT2D eigenvalue weighted by Crippen LogP contribution is 2.75. The lowest BCUT2D eigenvalue weighted by Crippen LogP contribution is -2.65. The number of hydrogen-bond acceptors (Lipinski definition) is 30. The van der Waals surface area contributed by atoms with E-state index in [9.17, 15) is 96.7 Å². The molecule has 4 aliphatic carbocycles. The van der Waals surface area contributed by atoms with E-state index >= 15 is 0 Å². The van der Waals surface area contributed by atoms with E-state index in [0.29, 0.717) is 38.6 Å². The average molecular weight is 1320 g/mol. The number of carbonyl (C=O) groups excluding carboxylic acids is 1. The Morgan fingerprint density at radius 1 is 0.549 bits per heavy atom. The summed E-state index contributed by atoms with van der Waals surface area (Å²) in [6, 6.07) is 0. The van der Waals surface area contributed by atoms with Crippen LogP contribution >= 0.6 is 0 Å². The molecule has 35 atom stereocenters. The molecule has 9 rings (SSSR count). The fraction of sp³-hybridized carbons (Fsp3) is 0.951. The summed E-state index contributed by atoms with van der Waals surface area (Å²) in [5, 5.41) is 193. The fourth-order valence-electron chi connectivity index (χ4n) is 17.2. The Morgan fingerprint density at radius 2 is 1.00 bits per heavy atom. The Bertz CT molecular complexity index is 2410. The Hall–Kier alpha value is -1.91. The van der Waals surface area contributed by atoms with Gasteiger partial charge >= 0.3 is 0 Å². The highest BCUT2D eigenvalue weighted by molar-refractivity contribution is 5.40. The quantitative estimate of drug-likeness (QED) is 0.0356. The smallest absolute Gasteiger partial charge is 0.293 e. The second-order valence-corrected chi connectivity index (χ2v) is 28.9. The van der Waals surface area contributed by atoms with Crippen LogP contribution in [0.4, 0.5) is 0 Å². The van der Waals surface area contributed by atoms with Gasteiger partial charge in [0.15, 0.2) is 31.5 Å². The van der Waals surface area contributed by atoms with Crippen molar-refractivity contribution in [2.75, 3.05) is 33.0 Å². The average Bonchev–Trinajstić information content (AvgIpc) is 1.66. The minimum absolute atomic E-state index is 0.00320. The molecular formula is C61H102O30. The summed E-state index contributed by atoms with van der Waals surface area (Å²) >= 11 is 0. The summed E-state index contributed by atoms with van der Waals surface area (Å²) < 4.78 is 65.7. The lowest BCUT2D eigenvalue weighted by molar-refractivity contribution is -0.380. The van der Waals surface area contributed by atoms with Crippen LogP contribution < -0.4 is 0 Å². The van der Waals surface area contributed by atoms with E-state index in [1.54, 1.807) is 0 Å². The van der Waals surface area contributed by atoms with Crippen LogP contribution in [0.25, 0.3) is 0 Å². The number of allylic oxidation sites excluding steroid dienone is 1. The van der Waals surface area contributed by atoms with E-state index in [1.807, 2.05) is 13.8 Å². The standard InChI is InChI=1S/C61H102O30/c1-24(9-13-35(58(4,5)80)90-56-51(91-55-50(79)44(73)39(68)30(20-64)86-55)46(75)41(70)32(88-56)22-82-53-48(77)43(72)38(67)29(19-63)85-53)25-15-16-59(6)33-12-10-26-27(61(33,8)36(83-23-65)17-60(25,59)7)11-14-34(57(26,2)3)89-54-49(78)45(74)40(69)31(87-54)21-81-52-47(76)42(71)37(66)28(18-62)84-52/h10,23-25,27-56,62-64,66-80H,9,11-22H2,1-8H3/t24-,25?,27?,28-,29-,30+,31-,32-,33?,34+,35-,36-,37-,38-,39+,40-,41-,42+,43+,44-,45+,46+,47-,48-,49-,50+,51-,52-,53-,54+,55-,56+,59+,60-,61+/m1/s1. The molecule has 0 amide bonds. The molecule has 0 radical (unpaired) electrons. The molecule has 8 fully saturated rings. The number of aliphatic hydroxyl groups excluding tert-OH is 17. The summed E-state index contributed by atoms with van der Waals surface area (Å²) in [6.45, 7) is 13.0. The third-order valence-electron chi connectivity index (χ3n) is 23.1. The Labute approximate surface area is 528 Å². The van der Waals surface area contributed by atoms with Gasteiger partial charge in [0.05, 0.1) is 50.8 Å². The van der Waals surface area contributed by atoms with Gasteiger partial charge in [0.1, 0.15) is 128 Å². The Kier molecular flexibility index (Phi) is 23.0. The van der Waals surface area contributed by atoms with Gasteiger partial charge in [0.2, 0.25) is 0 Å². The molecular weight excluding hydrogens is 1210 g/mol. The van der Waals surface area contributed by atoms with E-state index in [4.69, 9.17) is 52.1 Å². The van der Waals surface area contributed by atoms with Gasteiger partial charge in [-0.1, -0.05) is 53.2 Å². The summed E-state index contributed by atoms with van der Waals surface area (Å²) in [5.74, 6) is -0.140. The van der Waals surface area contributed by atoms with Gasteiger partial charge in [-0.05, 0) is 99.7 Å². The van der Waals surface area contributed by atoms with Gasteiger partial charge in [-0.15, -0.1) is 0 Å². The minimum atomic E-state index is -1.97. The minimum Gasteiger partial charge on any atom is -0.464 e. The van der Waals surface area contributed by atoms with Gasteiger partial charge < -0.3 is 144 Å². The van der Waals surface area contributed by atoms with Crippen molar-refractivity contribution in [3.05, 3.63) is 11.6 Å². The van der Waals surface area contributed by atoms with Crippen LogP contribution in [0, 0.1) is 45.3 Å². The number of carbonyl (C=O) groups is 1. The normalized spacial score (nSPS) is 50.8. The molecule has 0 aromatic heterocycles. The number of aliphatic hydroxyl groups is 18. The zero-order valence-electron chi connectivity index (χ0n) is 52.8. The van der Waals surface area contributed by atoms with Crippen molar-refractivity contribution < 1.29 is 149 Å². The van der Waals surface area contributed by atoms with Crippen LogP contribution in [0.3, 0.4) is 0 Å². The lowest BCUT2D eigenvalue weighted by atomic mass is 9.38. The first-order chi connectivity index (χ1) is 42.7. The van der Waals surface area contributed by atoms with Crippen LogP contribution in [0.2, 0.25) is 0 Å². The fourth-order valence-corrected chi connectivity index (χ4v) is 17.2. The number of ether oxygens (including phenoxy) is 11. The summed E-state index contributed by atoms with van der Waals surface area (Å²) in [5.41, 5.74) is -2.63. The molecule has 30 nitrogen and oxygen atoms in total.